The van der Waals surface area contributed by atoms with Gasteiger partial charge < -0.3 is 0 Å². The minimum Gasteiger partial charge on any atom is -0.298 e. The van der Waals surface area contributed by atoms with Crippen LogP contribution in [0.2, 0.25) is 0 Å². The van der Waals surface area contributed by atoms with Gasteiger partial charge in [-0.25, -0.2) is 0 Å². The molecule has 0 spiro atoms. The van der Waals surface area contributed by atoms with Crippen LogP contribution in [-0.4, -0.2) is 10.6 Å². The van der Waals surface area contributed by atoms with Crippen molar-refractivity contribution >= 4 is 11.5 Å². The summed E-state index contributed by atoms with van der Waals surface area (Å²) in [6, 6.07) is 0. The predicted octanol–water partition coefficient (Wildman–Crippen LogP) is 3.08. The molecule has 0 amide bonds. The second kappa shape index (κ2) is 4.92. The summed E-state index contributed by atoms with van der Waals surface area (Å²) >= 11 is 1.47. The van der Waals surface area contributed by atoms with Crippen LogP contribution in [0.4, 0.5) is 4.39 Å². The maximum absolute atomic E-state index is 11.9. The lowest BCUT2D eigenvalue weighted by Gasteiger charge is -2.19. The van der Waals surface area contributed by atoms with Crippen molar-refractivity contribution in [2.75, 3.05) is 6.67 Å². The van der Waals surface area contributed by atoms with Crippen molar-refractivity contribution < 1.29 is 4.39 Å². The Morgan fingerprint density at radius 2 is 2.07 bits per heavy atom. The molecule has 86 valence electrons. The Balaban J connectivity index is 2.74. The van der Waals surface area contributed by atoms with Gasteiger partial charge in [0.05, 0.1) is 6.67 Å². The first-order valence-corrected chi connectivity index (χ1v) is 6.05. The lowest BCUT2D eigenvalue weighted by atomic mass is 10.1. The van der Waals surface area contributed by atoms with Gasteiger partial charge in [0, 0.05) is 17.3 Å². The molecule has 0 unspecified atom stereocenters. The van der Waals surface area contributed by atoms with Gasteiger partial charge in [-0.1, -0.05) is 0 Å². The van der Waals surface area contributed by atoms with E-state index in [4.69, 9.17) is 5.41 Å². The van der Waals surface area contributed by atoms with Gasteiger partial charge in [-0.15, -0.1) is 0 Å². The maximum Gasteiger partial charge on any atom is 0.129 e. The number of nitrogens with zero attached hydrogens (tertiary/aromatic N) is 1. The second-order valence-corrected chi connectivity index (χ2v) is 5.70. The first-order valence-electron chi connectivity index (χ1n) is 5.28. The first-order chi connectivity index (χ1) is 6.95. The van der Waals surface area contributed by atoms with Gasteiger partial charge in [-0.2, -0.15) is 0 Å². The van der Waals surface area contributed by atoms with E-state index in [0.29, 0.717) is 11.1 Å². The largest absolute Gasteiger partial charge is 0.298 e. The van der Waals surface area contributed by atoms with E-state index in [9.17, 15) is 4.39 Å². The highest BCUT2D eigenvalue weighted by molar-refractivity contribution is 7.03. The molecule has 15 heavy (non-hydrogen) atoms. The number of nitrogens with one attached hydrogen (secondary N) is 1. The second-order valence-electron chi connectivity index (χ2n) is 4.72. The van der Waals surface area contributed by atoms with Crippen molar-refractivity contribution in [3.05, 3.63) is 16.4 Å². The third-order valence-corrected chi connectivity index (χ3v) is 3.54. The van der Waals surface area contributed by atoms with E-state index in [1.54, 1.807) is 0 Å². The Labute approximate surface area is 94.4 Å². The monoisotopic (exact) mass is 230 g/mol. The van der Waals surface area contributed by atoms with Crippen LogP contribution in [0.1, 0.15) is 39.2 Å². The van der Waals surface area contributed by atoms with Crippen LogP contribution < -0.4 is 4.67 Å². The fourth-order valence-electron chi connectivity index (χ4n) is 1.30. The van der Waals surface area contributed by atoms with Crippen LogP contribution in [0, 0.1) is 5.41 Å². The molecule has 0 aromatic carbocycles. The van der Waals surface area contributed by atoms with E-state index < -0.39 is 0 Å². The molecule has 0 atom stereocenters. The molecule has 2 nitrogen and oxygen atoms in total. The van der Waals surface area contributed by atoms with Crippen molar-refractivity contribution in [3.8, 4) is 0 Å². The summed E-state index contributed by atoms with van der Waals surface area (Å²) in [6.45, 7) is 6.10. The Bertz CT molecular complexity index is 359. The number of aromatic nitrogens is 1. The van der Waals surface area contributed by atoms with Crippen molar-refractivity contribution in [3.63, 3.8) is 0 Å². The van der Waals surface area contributed by atoms with Gasteiger partial charge in [-0.05, 0) is 51.6 Å². The van der Waals surface area contributed by atoms with Crippen LogP contribution in [0.15, 0.2) is 6.20 Å². The number of hydrogen-bond donors (Lipinski definition) is 1. The summed E-state index contributed by atoms with van der Waals surface area (Å²) < 4.78 is 14.7. The molecule has 4 heteroatoms. The van der Waals surface area contributed by atoms with Crippen molar-refractivity contribution in [1.82, 2.24) is 3.96 Å². The average molecular weight is 230 g/mol. The van der Waals surface area contributed by atoms with Crippen LogP contribution >= 0.6 is 11.5 Å². The van der Waals surface area contributed by atoms with Crippen molar-refractivity contribution in [2.24, 2.45) is 0 Å². The van der Waals surface area contributed by atoms with Gasteiger partial charge in [0.25, 0.3) is 0 Å². The summed E-state index contributed by atoms with van der Waals surface area (Å²) in [4.78, 5) is 0. The molecule has 0 aliphatic carbocycles. The molecular weight excluding hydrogens is 211 g/mol. The highest BCUT2D eigenvalue weighted by atomic mass is 32.1. The van der Waals surface area contributed by atoms with Crippen LogP contribution in [0.5, 0.6) is 0 Å². The van der Waals surface area contributed by atoms with E-state index in [-0.39, 0.29) is 12.2 Å². The summed E-state index contributed by atoms with van der Waals surface area (Å²) in [6.07, 6.45) is 4.29. The molecule has 0 saturated heterocycles. The quantitative estimate of drug-likeness (QED) is 0.770. The van der Waals surface area contributed by atoms with E-state index in [0.717, 1.165) is 18.4 Å². The Morgan fingerprint density at radius 1 is 1.40 bits per heavy atom. The zero-order chi connectivity index (χ0) is 11.5. The summed E-state index contributed by atoms with van der Waals surface area (Å²) in [5, 5.41) is 7.81. The maximum atomic E-state index is 11.9. The SMILES string of the molecule is CC(C)(C)n1cc(CCCCF)c(=N)s1. The summed E-state index contributed by atoms with van der Waals surface area (Å²) in [5.41, 5.74) is 1.09. The normalized spacial score (nSPS) is 12.0. The number of rotatable bonds is 4. The molecule has 1 heterocycles. The molecule has 0 saturated carbocycles. The van der Waals surface area contributed by atoms with Crippen LogP contribution in [-0.2, 0) is 12.0 Å². The number of halogens is 1. The minimum atomic E-state index is -0.253. The molecule has 0 fully saturated rings. The fourth-order valence-corrected chi connectivity index (χ4v) is 2.22. The molecular formula is C11H19FN2S. The van der Waals surface area contributed by atoms with Gasteiger partial charge in [0.15, 0.2) is 0 Å². The van der Waals surface area contributed by atoms with Crippen molar-refractivity contribution in [2.45, 2.75) is 45.6 Å². The predicted molar refractivity (Wildman–Crippen MR) is 62.1 cm³/mol. The third kappa shape index (κ3) is 3.45. The van der Waals surface area contributed by atoms with Crippen LogP contribution in [0.25, 0.3) is 0 Å². The number of hydrogen-bond acceptors (Lipinski definition) is 2. The molecule has 0 aliphatic heterocycles. The van der Waals surface area contributed by atoms with Gasteiger partial charge in [-0.3, -0.25) is 13.8 Å². The Morgan fingerprint density at radius 3 is 2.53 bits per heavy atom. The lowest BCUT2D eigenvalue weighted by Crippen LogP contribution is -2.18. The Kier molecular flexibility index (Phi) is 4.08. The Hall–Kier alpha value is -0.640. The minimum absolute atomic E-state index is 0.0405. The third-order valence-electron chi connectivity index (χ3n) is 2.25. The first kappa shape index (κ1) is 12.4. The van der Waals surface area contributed by atoms with E-state index in [2.05, 4.69) is 24.7 Å². The average Bonchev–Trinajstić information content (AvgIpc) is 2.48. The number of alkyl halides is 1. The highest BCUT2D eigenvalue weighted by Crippen LogP contribution is 2.17. The molecule has 1 rings (SSSR count). The summed E-state index contributed by atoms with van der Waals surface area (Å²) in [5.74, 6) is 0. The van der Waals surface area contributed by atoms with E-state index in [1.165, 1.54) is 11.5 Å². The van der Waals surface area contributed by atoms with E-state index >= 15 is 0 Å². The number of aryl methyl sites for hydroxylation is 1. The van der Waals surface area contributed by atoms with Crippen molar-refractivity contribution in [1.29, 1.82) is 5.41 Å². The lowest BCUT2D eigenvalue weighted by molar-refractivity contribution is 0.427. The molecule has 1 N–H and O–H groups in total. The smallest absolute Gasteiger partial charge is 0.129 e. The number of unbranched alkanes of at least 4 members (excludes halogenated alkanes) is 1. The molecule has 0 radical (unpaired) electrons. The molecule has 0 bridgehead atoms. The van der Waals surface area contributed by atoms with Gasteiger partial charge in [0.1, 0.15) is 4.67 Å². The topological polar surface area (TPSA) is 28.8 Å². The van der Waals surface area contributed by atoms with Gasteiger partial charge in [0.2, 0.25) is 0 Å². The van der Waals surface area contributed by atoms with Gasteiger partial charge >= 0.3 is 0 Å². The molecule has 1 aromatic rings. The molecule has 1 aromatic heterocycles. The standard InChI is InChI=1S/C11H19FN2S/c1-11(2,3)14-8-9(10(13)15-14)6-4-5-7-12/h8,13H,4-7H2,1-3H3. The summed E-state index contributed by atoms with van der Waals surface area (Å²) in [7, 11) is 0. The molecule has 0 aliphatic rings. The fraction of sp³-hybridized carbons (Fsp3) is 0.727. The van der Waals surface area contributed by atoms with Crippen LogP contribution in [0.3, 0.4) is 0 Å². The zero-order valence-electron chi connectivity index (χ0n) is 9.64. The zero-order valence-corrected chi connectivity index (χ0v) is 10.5. The van der Waals surface area contributed by atoms with E-state index in [1.807, 2.05) is 6.20 Å². The highest BCUT2D eigenvalue weighted by Gasteiger charge is 2.14.